The first-order valence-corrected chi connectivity index (χ1v) is 12.5. The fourth-order valence-electron chi connectivity index (χ4n) is 5.06. The van der Waals surface area contributed by atoms with Gasteiger partial charge in [-0.3, -0.25) is 9.59 Å². The maximum atomic E-state index is 13.7. The van der Waals surface area contributed by atoms with E-state index in [-0.39, 0.29) is 11.8 Å². The molecule has 3 aromatic rings. The quantitative estimate of drug-likeness (QED) is 0.533. The second kappa shape index (κ2) is 10.3. The highest BCUT2D eigenvalue weighted by Crippen LogP contribution is 2.29. The van der Waals surface area contributed by atoms with Gasteiger partial charge in [-0.25, -0.2) is 4.68 Å². The lowest BCUT2D eigenvalue weighted by Gasteiger charge is -2.32. The predicted molar refractivity (Wildman–Crippen MR) is 135 cm³/mol. The maximum absolute atomic E-state index is 13.7. The van der Waals surface area contributed by atoms with E-state index in [1.807, 2.05) is 70.6 Å². The Bertz CT molecular complexity index is 1160. The van der Waals surface area contributed by atoms with Gasteiger partial charge in [-0.2, -0.15) is 5.10 Å². The summed E-state index contributed by atoms with van der Waals surface area (Å²) in [4.78, 5) is 30.1. The first-order chi connectivity index (χ1) is 17.1. The summed E-state index contributed by atoms with van der Waals surface area (Å²) in [6.45, 7) is 3.12. The molecule has 2 aromatic carbocycles. The number of likely N-dealkylation sites (tertiary alicyclic amines) is 2. The number of carbonyl (C=O) groups is 2. The van der Waals surface area contributed by atoms with Crippen molar-refractivity contribution in [2.45, 2.75) is 32.1 Å². The van der Waals surface area contributed by atoms with Crippen molar-refractivity contribution in [2.75, 3.05) is 33.3 Å². The topological polar surface area (TPSA) is 67.7 Å². The van der Waals surface area contributed by atoms with Gasteiger partial charge in [0, 0.05) is 44.4 Å². The van der Waals surface area contributed by atoms with Crippen LogP contribution in [0.2, 0.25) is 0 Å². The molecule has 2 aliphatic rings. The first-order valence-electron chi connectivity index (χ1n) is 12.5. The minimum Gasteiger partial charge on any atom is -0.497 e. The van der Waals surface area contributed by atoms with Crippen molar-refractivity contribution in [1.82, 2.24) is 19.6 Å². The van der Waals surface area contributed by atoms with Gasteiger partial charge in [-0.15, -0.1) is 0 Å². The number of ether oxygens (including phenoxy) is 1. The molecule has 2 saturated heterocycles. The van der Waals surface area contributed by atoms with Crippen LogP contribution in [0.25, 0.3) is 16.9 Å². The van der Waals surface area contributed by atoms with Gasteiger partial charge in [-0.05, 0) is 68.0 Å². The van der Waals surface area contributed by atoms with Gasteiger partial charge in [-0.1, -0.05) is 18.2 Å². The molecular weight excluding hydrogens is 440 g/mol. The minimum absolute atomic E-state index is 0.0117. The van der Waals surface area contributed by atoms with Gasteiger partial charge in [0.2, 0.25) is 5.91 Å². The lowest BCUT2D eigenvalue weighted by molar-refractivity contribution is -0.131. The van der Waals surface area contributed by atoms with Gasteiger partial charge >= 0.3 is 0 Å². The monoisotopic (exact) mass is 472 g/mol. The zero-order chi connectivity index (χ0) is 24.2. The Hall–Kier alpha value is -3.61. The molecule has 2 aliphatic heterocycles. The summed E-state index contributed by atoms with van der Waals surface area (Å²) in [7, 11) is 1.64. The Labute approximate surface area is 206 Å². The highest BCUT2D eigenvalue weighted by atomic mass is 16.5. The summed E-state index contributed by atoms with van der Waals surface area (Å²) < 4.78 is 7.07. The largest absolute Gasteiger partial charge is 0.497 e. The van der Waals surface area contributed by atoms with Crippen molar-refractivity contribution in [3.63, 3.8) is 0 Å². The molecule has 1 aromatic heterocycles. The van der Waals surface area contributed by atoms with Crippen LogP contribution in [0.3, 0.4) is 0 Å². The normalized spacial score (nSPS) is 16.5. The molecule has 7 nitrogen and oxygen atoms in total. The van der Waals surface area contributed by atoms with E-state index in [1.54, 1.807) is 11.8 Å². The van der Waals surface area contributed by atoms with Gasteiger partial charge in [0.25, 0.3) is 5.91 Å². The molecule has 3 heterocycles. The van der Waals surface area contributed by atoms with Crippen molar-refractivity contribution >= 4 is 11.8 Å². The number of amides is 2. The zero-order valence-corrected chi connectivity index (χ0v) is 20.2. The number of rotatable bonds is 6. The summed E-state index contributed by atoms with van der Waals surface area (Å²) >= 11 is 0. The van der Waals surface area contributed by atoms with Crippen LogP contribution in [0.5, 0.6) is 5.75 Å². The minimum atomic E-state index is -0.0117. The van der Waals surface area contributed by atoms with E-state index >= 15 is 0 Å². The number of carbonyl (C=O) groups excluding carboxylic acids is 2. The summed E-state index contributed by atoms with van der Waals surface area (Å²) in [5, 5.41) is 4.80. The van der Waals surface area contributed by atoms with Crippen molar-refractivity contribution < 1.29 is 14.3 Å². The smallest absolute Gasteiger partial charge is 0.257 e. The number of nitrogens with zero attached hydrogens (tertiary/aromatic N) is 4. The fraction of sp³-hybridized carbons (Fsp3) is 0.393. The SMILES string of the molecule is COc1ccc(-c2nn(-c3ccccc3)cc2C(=O)N2CCC(CC(=O)N3CCCC3)CC2)cc1. The molecule has 2 amide bonds. The molecule has 0 aliphatic carbocycles. The number of benzene rings is 2. The molecule has 2 fully saturated rings. The molecule has 0 bridgehead atoms. The lowest BCUT2D eigenvalue weighted by Crippen LogP contribution is -2.40. The first kappa shape index (κ1) is 23.1. The fourth-order valence-corrected chi connectivity index (χ4v) is 5.06. The van der Waals surface area contributed by atoms with Crippen LogP contribution in [-0.2, 0) is 4.79 Å². The Morgan fingerprint density at radius 2 is 1.60 bits per heavy atom. The van der Waals surface area contributed by atoms with Crippen molar-refractivity contribution in [2.24, 2.45) is 5.92 Å². The number of aromatic nitrogens is 2. The van der Waals surface area contributed by atoms with E-state index in [4.69, 9.17) is 9.84 Å². The lowest BCUT2D eigenvalue weighted by atomic mass is 9.92. The van der Waals surface area contributed by atoms with Crippen molar-refractivity contribution in [3.05, 3.63) is 66.4 Å². The number of piperidine rings is 1. The molecular formula is C28H32N4O3. The van der Waals surface area contributed by atoms with Gasteiger partial charge in [0.05, 0.1) is 18.4 Å². The van der Waals surface area contributed by atoms with Crippen molar-refractivity contribution in [3.8, 4) is 22.7 Å². The molecule has 0 radical (unpaired) electrons. The van der Waals surface area contributed by atoms with E-state index in [1.165, 1.54) is 0 Å². The average molecular weight is 473 g/mol. The predicted octanol–water partition coefficient (Wildman–Crippen LogP) is 4.41. The standard InChI is InChI=1S/C28H32N4O3/c1-35-24-11-9-22(10-12-24)27-25(20-32(29-27)23-7-3-2-4-8-23)28(34)31-17-13-21(14-18-31)19-26(33)30-15-5-6-16-30/h2-4,7-12,20-21H,5-6,13-19H2,1H3. The summed E-state index contributed by atoms with van der Waals surface area (Å²) in [5.41, 5.74) is 3.02. The third kappa shape index (κ3) is 5.09. The second-order valence-electron chi connectivity index (χ2n) is 9.43. The van der Waals surface area contributed by atoms with Crippen LogP contribution in [-0.4, -0.2) is 64.7 Å². The summed E-state index contributed by atoms with van der Waals surface area (Å²) in [6.07, 6.45) is 6.38. The van der Waals surface area contributed by atoms with Crippen molar-refractivity contribution in [1.29, 1.82) is 0 Å². The maximum Gasteiger partial charge on any atom is 0.257 e. The number of hydrogen-bond acceptors (Lipinski definition) is 4. The number of methoxy groups -OCH3 is 1. The third-order valence-corrected chi connectivity index (χ3v) is 7.15. The molecule has 35 heavy (non-hydrogen) atoms. The van der Waals surface area contributed by atoms with Crippen LogP contribution < -0.4 is 4.74 Å². The van der Waals surface area contributed by atoms with E-state index < -0.39 is 0 Å². The summed E-state index contributed by atoms with van der Waals surface area (Å²) in [6, 6.07) is 17.5. The highest BCUT2D eigenvalue weighted by Gasteiger charge is 2.29. The Kier molecular flexibility index (Phi) is 6.84. The molecule has 5 rings (SSSR count). The van der Waals surface area contributed by atoms with Crippen LogP contribution >= 0.6 is 0 Å². The van der Waals surface area contributed by atoms with Gasteiger partial charge in [0.1, 0.15) is 11.4 Å². The molecule has 0 unspecified atom stereocenters. The van der Waals surface area contributed by atoms with Crippen LogP contribution in [0.1, 0.15) is 42.5 Å². The number of hydrogen-bond donors (Lipinski definition) is 0. The van der Waals surface area contributed by atoms with Gasteiger partial charge < -0.3 is 14.5 Å². The van der Waals surface area contributed by atoms with Crippen LogP contribution in [0, 0.1) is 5.92 Å². The van der Waals surface area contributed by atoms with E-state index in [9.17, 15) is 9.59 Å². The Morgan fingerprint density at radius 3 is 2.26 bits per heavy atom. The molecule has 0 saturated carbocycles. The number of para-hydroxylation sites is 1. The second-order valence-corrected chi connectivity index (χ2v) is 9.43. The Morgan fingerprint density at radius 1 is 0.914 bits per heavy atom. The summed E-state index contributed by atoms with van der Waals surface area (Å²) in [5.74, 6) is 1.37. The molecule has 0 N–H and O–H groups in total. The van der Waals surface area contributed by atoms with E-state index in [0.717, 1.165) is 55.8 Å². The third-order valence-electron chi connectivity index (χ3n) is 7.15. The zero-order valence-electron chi connectivity index (χ0n) is 20.2. The average Bonchev–Trinajstić information content (AvgIpc) is 3.60. The molecule has 0 spiro atoms. The van der Waals surface area contributed by atoms with E-state index in [2.05, 4.69) is 0 Å². The molecule has 0 atom stereocenters. The molecule has 7 heteroatoms. The molecule has 182 valence electrons. The van der Waals surface area contributed by atoms with E-state index in [0.29, 0.717) is 36.7 Å². The van der Waals surface area contributed by atoms with Crippen LogP contribution in [0.15, 0.2) is 60.8 Å². The van der Waals surface area contributed by atoms with Crippen LogP contribution in [0.4, 0.5) is 0 Å². The highest BCUT2D eigenvalue weighted by molar-refractivity contribution is 6.00. The van der Waals surface area contributed by atoms with Gasteiger partial charge in [0.15, 0.2) is 0 Å². The Balaban J connectivity index is 1.33.